The SMILES string of the molecule is Cc1nccnc1C(C)NC1CCN(C)CC1. The van der Waals surface area contributed by atoms with Gasteiger partial charge >= 0.3 is 0 Å². The normalized spacial score (nSPS) is 20.4. The molecule has 1 aliphatic heterocycles. The number of hydrogen-bond acceptors (Lipinski definition) is 4. The lowest BCUT2D eigenvalue weighted by Gasteiger charge is -2.31. The Balaban J connectivity index is 1.93. The van der Waals surface area contributed by atoms with Gasteiger partial charge in [0, 0.05) is 24.5 Å². The Morgan fingerprint density at radius 3 is 2.59 bits per heavy atom. The molecule has 94 valence electrons. The number of aryl methyl sites for hydroxylation is 1. The second kappa shape index (κ2) is 5.56. The van der Waals surface area contributed by atoms with Gasteiger partial charge in [-0.25, -0.2) is 0 Å². The number of aromatic nitrogens is 2. The minimum atomic E-state index is 0.289. The van der Waals surface area contributed by atoms with Crippen molar-refractivity contribution in [1.82, 2.24) is 20.2 Å². The van der Waals surface area contributed by atoms with Gasteiger partial charge in [0.05, 0.1) is 11.4 Å². The van der Waals surface area contributed by atoms with Gasteiger partial charge in [-0.1, -0.05) is 0 Å². The largest absolute Gasteiger partial charge is 0.306 e. The van der Waals surface area contributed by atoms with E-state index >= 15 is 0 Å². The molecular formula is C13H22N4. The molecule has 1 aromatic heterocycles. The first-order chi connectivity index (χ1) is 8.16. The third-order valence-electron chi connectivity index (χ3n) is 3.53. The first-order valence-electron chi connectivity index (χ1n) is 6.39. The first kappa shape index (κ1) is 12.5. The zero-order valence-corrected chi connectivity index (χ0v) is 11.0. The van der Waals surface area contributed by atoms with Crippen molar-refractivity contribution in [3.63, 3.8) is 0 Å². The van der Waals surface area contributed by atoms with Crippen LogP contribution in [0, 0.1) is 6.92 Å². The van der Waals surface area contributed by atoms with Crippen molar-refractivity contribution < 1.29 is 0 Å². The number of nitrogens with one attached hydrogen (secondary N) is 1. The van der Waals surface area contributed by atoms with Gasteiger partial charge in [-0.15, -0.1) is 0 Å². The molecule has 0 bridgehead atoms. The monoisotopic (exact) mass is 234 g/mol. The van der Waals surface area contributed by atoms with E-state index in [1.165, 1.54) is 25.9 Å². The fourth-order valence-electron chi connectivity index (χ4n) is 2.45. The van der Waals surface area contributed by atoms with Crippen molar-refractivity contribution in [1.29, 1.82) is 0 Å². The van der Waals surface area contributed by atoms with Crippen molar-refractivity contribution in [2.45, 2.75) is 38.8 Å². The highest BCUT2D eigenvalue weighted by Gasteiger charge is 2.20. The van der Waals surface area contributed by atoms with E-state index in [2.05, 4.69) is 34.2 Å². The number of likely N-dealkylation sites (tertiary alicyclic amines) is 1. The quantitative estimate of drug-likeness (QED) is 0.861. The van der Waals surface area contributed by atoms with Crippen LogP contribution in [0.5, 0.6) is 0 Å². The van der Waals surface area contributed by atoms with Crippen LogP contribution in [0.1, 0.15) is 37.2 Å². The molecule has 1 unspecified atom stereocenters. The zero-order chi connectivity index (χ0) is 12.3. The summed E-state index contributed by atoms with van der Waals surface area (Å²) in [6, 6.07) is 0.903. The average Bonchev–Trinajstić information content (AvgIpc) is 2.32. The summed E-state index contributed by atoms with van der Waals surface area (Å²) >= 11 is 0. The predicted molar refractivity (Wildman–Crippen MR) is 68.8 cm³/mol. The predicted octanol–water partition coefficient (Wildman–Crippen LogP) is 1.53. The van der Waals surface area contributed by atoms with Crippen LogP contribution in [0.15, 0.2) is 12.4 Å². The van der Waals surface area contributed by atoms with Crippen LogP contribution in [-0.2, 0) is 0 Å². The Labute approximate surface area is 103 Å². The summed E-state index contributed by atoms with van der Waals surface area (Å²) in [6.45, 7) is 6.57. The molecular weight excluding hydrogens is 212 g/mol. The van der Waals surface area contributed by atoms with E-state index in [1.54, 1.807) is 12.4 Å². The maximum Gasteiger partial charge on any atom is 0.0782 e. The van der Waals surface area contributed by atoms with Crippen molar-refractivity contribution in [2.75, 3.05) is 20.1 Å². The van der Waals surface area contributed by atoms with Gasteiger partial charge in [-0.2, -0.15) is 0 Å². The lowest BCUT2D eigenvalue weighted by molar-refractivity contribution is 0.226. The van der Waals surface area contributed by atoms with E-state index in [9.17, 15) is 0 Å². The molecule has 1 atom stereocenters. The summed E-state index contributed by atoms with van der Waals surface area (Å²) in [5.41, 5.74) is 2.10. The van der Waals surface area contributed by atoms with Crippen LogP contribution in [0.25, 0.3) is 0 Å². The highest BCUT2D eigenvalue weighted by Crippen LogP contribution is 2.16. The van der Waals surface area contributed by atoms with Gasteiger partial charge in [0.15, 0.2) is 0 Å². The van der Waals surface area contributed by atoms with Crippen LogP contribution in [0.3, 0.4) is 0 Å². The molecule has 0 aromatic carbocycles. The second-order valence-electron chi connectivity index (χ2n) is 4.99. The maximum atomic E-state index is 4.42. The van der Waals surface area contributed by atoms with Gasteiger partial charge in [0.1, 0.15) is 0 Å². The highest BCUT2D eigenvalue weighted by atomic mass is 15.1. The molecule has 1 aromatic rings. The van der Waals surface area contributed by atoms with Crippen LogP contribution in [-0.4, -0.2) is 41.0 Å². The maximum absolute atomic E-state index is 4.42. The van der Waals surface area contributed by atoms with Crippen LogP contribution in [0.4, 0.5) is 0 Å². The van der Waals surface area contributed by atoms with Gasteiger partial charge in [-0.05, 0) is 46.8 Å². The lowest BCUT2D eigenvalue weighted by Crippen LogP contribution is -2.42. The molecule has 1 aliphatic rings. The summed E-state index contributed by atoms with van der Waals surface area (Å²) in [4.78, 5) is 11.1. The zero-order valence-electron chi connectivity index (χ0n) is 11.0. The second-order valence-corrected chi connectivity index (χ2v) is 4.99. The molecule has 0 aliphatic carbocycles. The number of piperidine rings is 1. The fraction of sp³-hybridized carbons (Fsp3) is 0.692. The van der Waals surface area contributed by atoms with E-state index < -0.39 is 0 Å². The molecule has 2 heterocycles. The summed E-state index contributed by atoms with van der Waals surface area (Å²) in [7, 11) is 2.19. The third-order valence-corrected chi connectivity index (χ3v) is 3.53. The average molecular weight is 234 g/mol. The number of hydrogen-bond donors (Lipinski definition) is 1. The molecule has 1 N–H and O–H groups in total. The Morgan fingerprint density at radius 2 is 1.94 bits per heavy atom. The summed E-state index contributed by atoms with van der Waals surface area (Å²) in [5.74, 6) is 0. The molecule has 0 amide bonds. The molecule has 1 saturated heterocycles. The Kier molecular flexibility index (Phi) is 4.07. The summed E-state index contributed by atoms with van der Waals surface area (Å²) in [5, 5.41) is 3.67. The van der Waals surface area contributed by atoms with Crippen molar-refractivity contribution in [3.05, 3.63) is 23.8 Å². The minimum absolute atomic E-state index is 0.289. The topological polar surface area (TPSA) is 41.1 Å². The molecule has 4 nitrogen and oxygen atoms in total. The van der Waals surface area contributed by atoms with Crippen molar-refractivity contribution >= 4 is 0 Å². The van der Waals surface area contributed by atoms with Gasteiger partial charge in [0.2, 0.25) is 0 Å². The highest BCUT2D eigenvalue weighted by molar-refractivity contribution is 5.12. The molecule has 0 saturated carbocycles. The van der Waals surface area contributed by atoms with Crippen molar-refractivity contribution in [2.24, 2.45) is 0 Å². The molecule has 1 fully saturated rings. The summed E-state index contributed by atoms with van der Waals surface area (Å²) < 4.78 is 0. The minimum Gasteiger partial charge on any atom is -0.306 e. The lowest BCUT2D eigenvalue weighted by atomic mass is 10.0. The third kappa shape index (κ3) is 3.23. The molecule has 2 rings (SSSR count). The van der Waals surface area contributed by atoms with Crippen molar-refractivity contribution in [3.8, 4) is 0 Å². The van der Waals surface area contributed by atoms with Gasteiger partial charge < -0.3 is 10.2 Å². The molecule has 0 radical (unpaired) electrons. The van der Waals surface area contributed by atoms with Gasteiger partial charge in [0.25, 0.3) is 0 Å². The Morgan fingerprint density at radius 1 is 1.29 bits per heavy atom. The number of rotatable bonds is 3. The van der Waals surface area contributed by atoms with Gasteiger partial charge in [-0.3, -0.25) is 9.97 Å². The van der Waals surface area contributed by atoms with E-state index in [4.69, 9.17) is 0 Å². The Hall–Kier alpha value is -1.00. The Bertz CT molecular complexity index is 358. The molecule has 17 heavy (non-hydrogen) atoms. The standard InChI is InChI=1S/C13H22N4/c1-10-13(15-7-6-14-10)11(2)16-12-4-8-17(3)9-5-12/h6-7,11-12,16H,4-5,8-9H2,1-3H3. The van der Waals surface area contributed by atoms with E-state index in [0.717, 1.165) is 11.4 Å². The van der Waals surface area contributed by atoms with Crippen LogP contribution < -0.4 is 5.32 Å². The van der Waals surface area contributed by atoms with E-state index in [-0.39, 0.29) is 6.04 Å². The van der Waals surface area contributed by atoms with E-state index in [1.807, 2.05) is 6.92 Å². The van der Waals surface area contributed by atoms with Crippen LogP contribution in [0.2, 0.25) is 0 Å². The van der Waals surface area contributed by atoms with E-state index in [0.29, 0.717) is 6.04 Å². The number of nitrogens with zero attached hydrogens (tertiary/aromatic N) is 3. The fourth-order valence-corrected chi connectivity index (χ4v) is 2.45. The summed E-state index contributed by atoms with van der Waals surface area (Å²) in [6.07, 6.45) is 5.97. The van der Waals surface area contributed by atoms with Crippen LogP contribution >= 0.6 is 0 Å². The molecule has 4 heteroatoms. The first-order valence-corrected chi connectivity index (χ1v) is 6.39. The smallest absolute Gasteiger partial charge is 0.0782 e. The molecule has 0 spiro atoms.